The smallest absolute Gasteiger partial charge is 0.224 e. The first kappa shape index (κ1) is 17.9. The monoisotopic (exact) mass is 316 g/mol. The van der Waals surface area contributed by atoms with E-state index in [4.69, 9.17) is 0 Å². The van der Waals surface area contributed by atoms with E-state index in [9.17, 15) is 4.79 Å². The Labute approximate surface area is 135 Å². The maximum atomic E-state index is 10.6. The first-order chi connectivity index (χ1) is 10.8. The Morgan fingerprint density at radius 2 is 1.86 bits per heavy atom. The van der Waals surface area contributed by atoms with Crippen LogP contribution in [-0.4, -0.2) is 36.6 Å². The van der Waals surface area contributed by atoms with E-state index in [1.807, 2.05) is 36.6 Å². The van der Waals surface area contributed by atoms with Gasteiger partial charge in [-0.1, -0.05) is 30.3 Å². The van der Waals surface area contributed by atoms with Crippen molar-refractivity contribution in [2.75, 3.05) is 25.7 Å². The Morgan fingerprint density at radius 3 is 2.41 bits per heavy atom. The maximum absolute atomic E-state index is 10.6. The molecule has 1 heterocycles. The van der Waals surface area contributed by atoms with Crippen molar-refractivity contribution >= 4 is 30.1 Å². The summed E-state index contributed by atoms with van der Waals surface area (Å²) < 4.78 is 0. The van der Waals surface area contributed by atoms with Crippen molar-refractivity contribution in [3.63, 3.8) is 0 Å². The Bertz CT molecular complexity index is 630. The molecule has 0 bridgehead atoms. The van der Waals surface area contributed by atoms with E-state index in [0.717, 1.165) is 28.1 Å². The third kappa shape index (κ3) is 4.41. The summed E-state index contributed by atoms with van der Waals surface area (Å²) in [5.41, 5.74) is 7.16. The summed E-state index contributed by atoms with van der Waals surface area (Å²) >= 11 is 1.53. The highest BCUT2D eigenvalue weighted by molar-refractivity contribution is 7.98. The van der Waals surface area contributed by atoms with Gasteiger partial charge in [0.05, 0.1) is 5.69 Å². The fourth-order valence-corrected chi connectivity index (χ4v) is 2.38. The second-order valence-corrected chi connectivity index (χ2v) is 4.72. The zero-order valence-corrected chi connectivity index (χ0v) is 13.7. The van der Waals surface area contributed by atoms with Crippen LogP contribution in [0, 0.1) is 0 Å². The van der Waals surface area contributed by atoms with Crippen molar-refractivity contribution in [3.8, 4) is 11.3 Å². The van der Waals surface area contributed by atoms with E-state index < -0.39 is 0 Å². The van der Waals surface area contributed by atoms with Crippen LogP contribution in [0.2, 0.25) is 0 Å². The Kier molecular flexibility index (Phi) is 7.88. The fourth-order valence-electron chi connectivity index (χ4n) is 1.82. The highest BCUT2D eigenvalue weighted by Crippen LogP contribution is 2.30. The minimum atomic E-state index is 0.566. The normalized spacial score (nSPS) is 10.0. The molecule has 0 fully saturated rings. The molecule has 22 heavy (non-hydrogen) atoms. The lowest BCUT2D eigenvalue weighted by atomic mass is 10.1. The topological polar surface area (TPSA) is 80.9 Å². The predicted octanol–water partition coefficient (Wildman–Crippen LogP) is 2.69. The average molecular weight is 316 g/mol. The molecule has 0 aliphatic heterocycles. The van der Waals surface area contributed by atoms with Gasteiger partial charge >= 0.3 is 0 Å². The van der Waals surface area contributed by atoms with Crippen LogP contribution >= 0.6 is 11.8 Å². The van der Waals surface area contributed by atoms with Crippen molar-refractivity contribution in [3.05, 3.63) is 42.0 Å². The minimum Gasteiger partial charge on any atom is -0.357 e. The van der Waals surface area contributed by atoms with Gasteiger partial charge in [0.25, 0.3) is 0 Å². The van der Waals surface area contributed by atoms with Gasteiger partial charge in [0, 0.05) is 18.2 Å². The lowest BCUT2D eigenvalue weighted by Gasteiger charge is -2.11. The highest BCUT2D eigenvalue weighted by atomic mass is 32.2. The van der Waals surface area contributed by atoms with Crippen LogP contribution in [0.15, 0.2) is 41.4 Å². The largest absolute Gasteiger partial charge is 0.357 e. The number of aromatic nitrogens is 2. The van der Waals surface area contributed by atoms with Gasteiger partial charge in [-0.15, -0.1) is 11.8 Å². The molecule has 3 N–H and O–H groups in total. The lowest BCUT2D eigenvalue weighted by molar-refractivity contribution is -0.104. The van der Waals surface area contributed by atoms with Gasteiger partial charge < -0.3 is 11.1 Å². The van der Waals surface area contributed by atoms with Gasteiger partial charge in [0.1, 0.15) is 11.3 Å². The summed E-state index contributed by atoms with van der Waals surface area (Å²) in [5, 5.41) is 3.80. The molecule has 0 aliphatic carbocycles. The molecule has 1 aromatic carbocycles. The second-order valence-electron chi connectivity index (χ2n) is 3.93. The summed E-state index contributed by atoms with van der Waals surface area (Å²) in [7, 11) is 3.29. The molecule has 0 unspecified atom stereocenters. The molecule has 2 rings (SSSR count). The third-order valence-electron chi connectivity index (χ3n) is 2.72. The number of benzene rings is 1. The molecular formula is C16H20N4OS. The standard InChI is InChI=1S/C15H15N3OS.CH5N/c1-16-15-17-13(11-7-4-3-5-8-11)12(9-6-10-19)14(18-15)20-2;1-2/h3-10H,1-2H3,(H,16,17,18);2H2,1H3/b9-6+;. The molecule has 0 saturated heterocycles. The SMILES string of the molecule is CN.CNc1nc(SC)c(/C=C/C=O)c(-c2ccccc2)n1. The molecule has 6 heteroatoms. The number of nitrogens with one attached hydrogen (secondary N) is 1. The summed E-state index contributed by atoms with van der Waals surface area (Å²) in [5.74, 6) is 0.566. The van der Waals surface area contributed by atoms with E-state index in [2.05, 4.69) is 21.0 Å². The molecule has 2 aromatic rings. The number of rotatable bonds is 5. The molecule has 1 aromatic heterocycles. The van der Waals surface area contributed by atoms with E-state index in [1.54, 1.807) is 13.1 Å². The quantitative estimate of drug-likeness (QED) is 0.382. The van der Waals surface area contributed by atoms with E-state index in [1.165, 1.54) is 24.9 Å². The van der Waals surface area contributed by atoms with Gasteiger partial charge in [-0.25, -0.2) is 9.97 Å². The van der Waals surface area contributed by atoms with Gasteiger partial charge in [0.2, 0.25) is 5.95 Å². The van der Waals surface area contributed by atoms with Crippen LogP contribution < -0.4 is 11.1 Å². The Hall–Kier alpha value is -2.18. The molecule has 0 atom stereocenters. The van der Waals surface area contributed by atoms with Crippen LogP contribution in [0.3, 0.4) is 0 Å². The van der Waals surface area contributed by atoms with Crippen LogP contribution in [0.25, 0.3) is 17.3 Å². The van der Waals surface area contributed by atoms with Crippen LogP contribution in [0.4, 0.5) is 5.95 Å². The van der Waals surface area contributed by atoms with Crippen LogP contribution in [-0.2, 0) is 4.79 Å². The molecule has 0 spiro atoms. The molecule has 0 amide bonds. The van der Waals surface area contributed by atoms with Crippen LogP contribution in [0.1, 0.15) is 5.56 Å². The maximum Gasteiger partial charge on any atom is 0.224 e. The number of carbonyl (C=O) groups excluding carboxylic acids is 1. The van der Waals surface area contributed by atoms with Crippen molar-refractivity contribution < 1.29 is 4.79 Å². The molecule has 0 aliphatic rings. The summed E-state index contributed by atoms with van der Waals surface area (Å²) in [6.07, 6.45) is 5.92. The zero-order chi connectivity index (χ0) is 16.4. The summed E-state index contributed by atoms with van der Waals surface area (Å²) in [6, 6.07) is 9.86. The van der Waals surface area contributed by atoms with Crippen molar-refractivity contribution in [1.29, 1.82) is 0 Å². The first-order valence-electron chi connectivity index (χ1n) is 6.69. The molecular weight excluding hydrogens is 296 g/mol. The average Bonchev–Trinajstić information content (AvgIpc) is 2.61. The molecule has 0 saturated carbocycles. The number of nitrogens with two attached hydrogens (primary N) is 1. The fraction of sp³-hybridized carbons (Fsp3) is 0.188. The Morgan fingerprint density at radius 1 is 1.18 bits per heavy atom. The number of aldehydes is 1. The third-order valence-corrected chi connectivity index (χ3v) is 3.41. The Balaban J connectivity index is 0.00000116. The van der Waals surface area contributed by atoms with Gasteiger partial charge in [-0.05, 0) is 25.5 Å². The van der Waals surface area contributed by atoms with E-state index in [0.29, 0.717) is 5.95 Å². The van der Waals surface area contributed by atoms with Gasteiger partial charge in [0.15, 0.2) is 0 Å². The lowest BCUT2D eigenvalue weighted by Crippen LogP contribution is -2.02. The number of allylic oxidation sites excluding steroid dienone is 1. The molecule has 116 valence electrons. The number of nitrogens with zero attached hydrogens (tertiary/aromatic N) is 2. The number of hydrogen-bond donors (Lipinski definition) is 2. The van der Waals surface area contributed by atoms with Crippen LogP contribution in [0.5, 0.6) is 0 Å². The summed E-state index contributed by atoms with van der Waals surface area (Å²) in [4.78, 5) is 19.5. The van der Waals surface area contributed by atoms with E-state index in [-0.39, 0.29) is 0 Å². The second kappa shape index (κ2) is 9.70. The van der Waals surface area contributed by atoms with Crippen molar-refractivity contribution in [2.45, 2.75) is 5.03 Å². The molecule has 5 nitrogen and oxygen atoms in total. The number of thioether (sulfide) groups is 1. The predicted molar refractivity (Wildman–Crippen MR) is 94.0 cm³/mol. The molecule has 0 radical (unpaired) electrons. The van der Waals surface area contributed by atoms with Gasteiger partial charge in [-0.2, -0.15) is 0 Å². The van der Waals surface area contributed by atoms with Crippen molar-refractivity contribution in [2.24, 2.45) is 5.73 Å². The first-order valence-corrected chi connectivity index (χ1v) is 7.91. The van der Waals surface area contributed by atoms with Gasteiger partial charge in [-0.3, -0.25) is 4.79 Å². The minimum absolute atomic E-state index is 0.566. The highest BCUT2D eigenvalue weighted by Gasteiger charge is 2.12. The number of carbonyl (C=O) groups is 1. The zero-order valence-electron chi connectivity index (χ0n) is 12.9. The van der Waals surface area contributed by atoms with Crippen molar-refractivity contribution in [1.82, 2.24) is 9.97 Å². The number of anilines is 1. The summed E-state index contributed by atoms with van der Waals surface area (Å²) in [6.45, 7) is 0. The van der Waals surface area contributed by atoms with E-state index >= 15 is 0 Å². The number of hydrogen-bond acceptors (Lipinski definition) is 6.